The Balaban J connectivity index is 1.88. The number of hydrogen-bond donors (Lipinski definition) is 1. The molecule has 0 aliphatic carbocycles. The van der Waals surface area contributed by atoms with Gasteiger partial charge >= 0.3 is 6.18 Å². The molecule has 0 amide bonds. The SMILES string of the molecule is COc1ccc(-n2cnc3c(sc4nccc(NCC(F)(F)F)c43)c2=O)c(C)c1. The van der Waals surface area contributed by atoms with E-state index in [0.717, 1.165) is 16.9 Å². The van der Waals surface area contributed by atoms with E-state index in [4.69, 9.17) is 4.74 Å². The van der Waals surface area contributed by atoms with E-state index in [9.17, 15) is 18.0 Å². The van der Waals surface area contributed by atoms with Crippen molar-refractivity contribution in [2.75, 3.05) is 19.0 Å². The maximum Gasteiger partial charge on any atom is 0.405 e. The Morgan fingerprint density at radius 3 is 2.72 bits per heavy atom. The van der Waals surface area contributed by atoms with Gasteiger partial charge in [0.1, 0.15) is 28.2 Å². The third-order valence-electron chi connectivity index (χ3n) is 4.42. The van der Waals surface area contributed by atoms with Crippen LogP contribution in [0.2, 0.25) is 0 Å². The molecule has 10 heteroatoms. The van der Waals surface area contributed by atoms with Gasteiger partial charge in [0.15, 0.2) is 0 Å². The molecule has 0 radical (unpaired) electrons. The number of nitrogens with one attached hydrogen (secondary N) is 1. The van der Waals surface area contributed by atoms with Crippen LogP contribution in [0.25, 0.3) is 26.1 Å². The van der Waals surface area contributed by atoms with Gasteiger partial charge in [-0.25, -0.2) is 9.97 Å². The Labute approximate surface area is 166 Å². The summed E-state index contributed by atoms with van der Waals surface area (Å²) < 4.78 is 44.8. The second-order valence-corrected chi connectivity index (χ2v) is 7.36. The van der Waals surface area contributed by atoms with Crippen LogP contribution < -0.4 is 15.6 Å². The van der Waals surface area contributed by atoms with Crippen molar-refractivity contribution in [1.82, 2.24) is 14.5 Å². The second kappa shape index (κ2) is 7.03. The monoisotopic (exact) mass is 420 g/mol. The Hall–Kier alpha value is -3.14. The summed E-state index contributed by atoms with van der Waals surface area (Å²) in [6, 6.07) is 6.74. The lowest BCUT2D eigenvalue weighted by molar-refractivity contribution is -0.115. The predicted octanol–water partition coefficient (Wildman–Crippen LogP) is 4.29. The van der Waals surface area contributed by atoms with Crippen molar-refractivity contribution in [1.29, 1.82) is 0 Å². The van der Waals surface area contributed by atoms with E-state index < -0.39 is 12.7 Å². The first kappa shape index (κ1) is 19.2. The Morgan fingerprint density at radius 2 is 2.03 bits per heavy atom. The number of aromatic nitrogens is 3. The van der Waals surface area contributed by atoms with Crippen LogP contribution in [0.3, 0.4) is 0 Å². The molecule has 3 heterocycles. The van der Waals surface area contributed by atoms with Crippen LogP contribution >= 0.6 is 11.3 Å². The third kappa shape index (κ3) is 3.51. The van der Waals surface area contributed by atoms with Crippen molar-refractivity contribution in [3.63, 3.8) is 0 Å². The van der Waals surface area contributed by atoms with E-state index in [-0.39, 0.29) is 11.2 Å². The quantitative estimate of drug-likeness (QED) is 0.534. The highest BCUT2D eigenvalue weighted by molar-refractivity contribution is 7.25. The van der Waals surface area contributed by atoms with Gasteiger partial charge in [-0.3, -0.25) is 9.36 Å². The summed E-state index contributed by atoms with van der Waals surface area (Å²) in [5.74, 6) is 0.666. The highest BCUT2D eigenvalue weighted by atomic mass is 32.1. The number of pyridine rings is 1. The topological polar surface area (TPSA) is 69.0 Å². The number of benzene rings is 1. The summed E-state index contributed by atoms with van der Waals surface area (Å²) in [4.78, 5) is 22.1. The Kier molecular flexibility index (Phi) is 4.65. The molecular weight excluding hydrogens is 405 g/mol. The fourth-order valence-corrected chi connectivity index (χ4v) is 4.15. The van der Waals surface area contributed by atoms with E-state index in [2.05, 4.69) is 15.3 Å². The first-order valence-corrected chi connectivity index (χ1v) is 9.34. The lowest BCUT2D eigenvalue weighted by atomic mass is 10.2. The number of anilines is 1. The third-order valence-corrected chi connectivity index (χ3v) is 5.50. The number of ether oxygens (including phenoxy) is 1. The molecule has 4 aromatic rings. The molecule has 0 spiro atoms. The van der Waals surface area contributed by atoms with E-state index in [0.29, 0.717) is 31.9 Å². The fraction of sp³-hybridized carbons (Fsp3) is 0.211. The zero-order valence-corrected chi connectivity index (χ0v) is 16.2. The van der Waals surface area contributed by atoms with Crippen molar-refractivity contribution in [2.24, 2.45) is 0 Å². The molecular formula is C19H15F3N4O2S. The van der Waals surface area contributed by atoms with Crippen LogP contribution in [0.1, 0.15) is 5.56 Å². The predicted molar refractivity (Wildman–Crippen MR) is 106 cm³/mol. The molecule has 0 unspecified atom stereocenters. The molecule has 0 aliphatic heterocycles. The van der Waals surface area contributed by atoms with Crippen molar-refractivity contribution in [2.45, 2.75) is 13.1 Å². The van der Waals surface area contributed by atoms with E-state index in [1.165, 1.54) is 23.2 Å². The molecule has 0 atom stereocenters. The number of fused-ring (bicyclic) bond motifs is 3. The summed E-state index contributed by atoms with van der Waals surface area (Å²) in [5.41, 5.74) is 1.72. The average molecular weight is 420 g/mol. The molecule has 0 fully saturated rings. The van der Waals surface area contributed by atoms with E-state index in [1.54, 1.807) is 25.3 Å². The summed E-state index contributed by atoms with van der Waals surface area (Å²) in [5, 5.41) is 2.78. The van der Waals surface area contributed by atoms with Gasteiger partial charge in [-0.1, -0.05) is 0 Å². The number of alkyl halides is 3. The zero-order valence-electron chi connectivity index (χ0n) is 15.4. The smallest absolute Gasteiger partial charge is 0.405 e. The summed E-state index contributed by atoms with van der Waals surface area (Å²) in [7, 11) is 1.56. The number of hydrogen-bond acceptors (Lipinski definition) is 6. The lowest BCUT2D eigenvalue weighted by Crippen LogP contribution is -2.21. The molecule has 29 heavy (non-hydrogen) atoms. The highest BCUT2D eigenvalue weighted by Gasteiger charge is 2.27. The summed E-state index contributed by atoms with van der Waals surface area (Å²) >= 11 is 1.11. The van der Waals surface area contributed by atoms with Crippen LogP contribution in [-0.2, 0) is 0 Å². The number of thiophene rings is 1. The number of nitrogens with zero attached hydrogens (tertiary/aromatic N) is 3. The molecule has 1 N–H and O–H groups in total. The van der Waals surface area contributed by atoms with E-state index in [1.807, 2.05) is 6.92 Å². The van der Waals surface area contributed by atoms with Gasteiger partial charge in [0.25, 0.3) is 5.56 Å². The van der Waals surface area contributed by atoms with Crippen LogP contribution in [0.4, 0.5) is 18.9 Å². The molecule has 0 saturated carbocycles. The van der Waals surface area contributed by atoms with Crippen molar-refractivity contribution in [3.05, 3.63) is 52.7 Å². The number of aryl methyl sites for hydroxylation is 1. The van der Waals surface area contributed by atoms with Crippen LogP contribution in [0.15, 0.2) is 41.6 Å². The lowest BCUT2D eigenvalue weighted by Gasteiger charge is -2.11. The molecule has 0 aliphatic rings. The standard InChI is InChI=1S/C19H15F3N4O2S/c1-10-7-11(28-2)3-4-13(10)26-9-25-15-14-12(24-8-19(20,21)22)5-6-23-17(14)29-16(15)18(26)27/h3-7,9H,8H2,1-2H3,(H,23,24). The van der Waals surface area contributed by atoms with Crippen LogP contribution in [0.5, 0.6) is 5.75 Å². The summed E-state index contributed by atoms with van der Waals surface area (Å²) in [6.45, 7) is 0.658. The van der Waals surface area contributed by atoms with Crippen LogP contribution in [-0.4, -0.2) is 34.4 Å². The van der Waals surface area contributed by atoms with Gasteiger partial charge in [0.2, 0.25) is 0 Å². The van der Waals surface area contributed by atoms with Gasteiger partial charge in [-0.15, -0.1) is 11.3 Å². The van der Waals surface area contributed by atoms with Crippen LogP contribution in [0, 0.1) is 6.92 Å². The molecule has 1 aromatic carbocycles. The highest BCUT2D eigenvalue weighted by Crippen LogP contribution is 2.34. The number of rotatable bonds is 4. The van der Waals surface area contributed by atoms with Gasteiger partial charge in [0, 0.05) is 11.9 Å². The largest absolute Gasteiger partial charge is 0.497 e. The first-order chi connectivity index (χ1) is 13.8. The Morgan fingerprint density at radius 1 is 1.24 bits per heavy atom. The molecule has 4 rings (SSSR count). The van der Waals surface area contributed by atoms with Gasteiger partial charge in [-0.2, -0.15) is 13.2 Å². The zero-order chi connectivity index (χ0) is 20.8. The minimum atomic E-state index is -4.37. The Bertz CT molecular complexity index is 1280. The maximum atomic E-state index is 13.1. The van der Waals surface area contributed by atoms with Crippen molar-refractivity contribution >= 4 is 37.5 Å². The maximum absolute atomic E-state index is 13.1. The minimum absolute atomic E-state index is 0.240. The molecule has 0 saturated heterocycles. The molecule has 0 bridgehead atoms. The normalized spacial score (nSPS) is 11.9. The van der Waals surface area contributed by atoms with Gasteiger partial charge in [-0.05, 0) is 36.8 Å². The molecule has 150 valence electrons. The molecule has 6 nitrogen and oxygen atoms in total. The second-order valence-electron chi connectivity index (χ2n) is 6.36. The van der Waals surface area contributed by atoms with Gasteiger partial charge < -0.3 is 10.1 Å². The average Bonchev–Trinajstić information content (AvgIpc) is 3.06. The van der Waals surface area contributed by atoms with E-state index >= 15 is 0 Å². The number of halogens is 3. The van der Waals surface area contributed by atoms with Crippen molar-refractivity contribution in [3.8, 4) is 11.4 Å². The van der Waals surface area contributed by atoms with Crippen molar-refractivity contribution < 1.29 is 17.9 Å². The molecule has 3 aromatic heterocycles. The van der Waals surface area contributed by atoms with Gasteiger partial charge in [0.05, 0.1) is 23.7 Å². The summed E-state index contributed by atoms with van der Waals surface area (Å²) in [6.07, 6.45) is -1.58. The number of methoxy groups -OCH3 is 1. The fourth-order valence-electron chi connectivity index (χ4n) is 3.09. The minimum Gasteiger partial charge on any atom is -0.497 e. The first-order valence-electron chi connectivity index (χ1n) is 8.53.